The Bertz CT molecular complexity index is 613. The van der Waals surface area contributed by atoms with Crippen molar-refractivity contribution in [3.63, 3.8) is 0 Å². The van der Waals surface area contributed by atoms with Gasteiger partial charge in [0.05, 0.1) is 22.2 Å². The molecule has 0 radical (unpaired) electrons. The standard InChI is InChI=1S/C13H16Cl3NO3S/c1-17(11-4-2-3-5-12(11)18)21(19,20)13-9(15)6-8(14)7-10(13)16/h6-7,11-12,18H,2-5H2,1H3. The number of rotatable bonds is 3. The number of aliphatic hydroxyl groups is 1. The third-order valence-corrected chi connectivity index (χ3v) is 6.78. The van der Waals surface area contributed by atoms with Crippen LogP contribution in [0.25, 0.3) is 0 Å². The van der Waals surface area contributed by atoms with Crippen molar-refractivity contribution in [2.45, 2.75) is 42.7 Å². The largest absolute Gasteiger partial charge is 0.391 e. The van der Waals surface area contributed by atoms with Gasteiger partial charge in [-0.1, -0.05) is 47.6 Å². The van der Waals surface area contributed by atoms with Crippen molar-refractivity contribution in [1.82, 2.24) is 4.31 Å². The third kappa shape index (κ3) is 3.49. The van der Waals surface area contributed by atoms with Gasteiger partial charge in [-0.15, -0.1) is 0 Å². The topological polar surface area (TPSA) is 57.6 Å². The van der Waals surface area contributed by atoms with Crippen molar-refractivity contribution in [2.24, 2.45) is 0 Å². The quantitative estimate of drug-likeness (QED) is 0.882. The molecular weight excluding hydrogens is 357 g/mol. The Labute approximate surface area is 139 Å². The molecule has 1 aliphatic carbocycles. The van der Waals surface area contributed by atoms with Gasteiger partial charge in [0.1, 0.15) is 4.90 Å². The molecule has 1 aliphatic rings. The first-order chi connectivity index (χ1) is 9.75. The molecule has 4 nitrogen and oxygen atoms in total. The van der Waals surface area contributed by atoms with E-state index in [1.807, 2.05) is 0 Å². The molecule has 21 heavy (non-hydrogen) atoms. The van der Waals surface area contributed by atoms with Crippen molar-refractivity contribution < 1.29 is 13.5 Å². The van der Waals surface area contributed by atoms with Gasteiger partial charge in [0, 0.05) is 12.1 Å². The lowest BCUT2D eigenvalue weighted by Crippen LogP contribution is -2.46. The van der Waals surface area contributed by atoms with E-state index in [0.29, 0.717) is 12.8 Å². The number of halogens is 3. The summed E-state index contributed by atoms with van der Waals surface area (Å²) in [5.41, 5.74) is 0. The molecule has 1 saturated carbocycles. The zero-order valence-corrected chi connectivity index (χ0v) is 14.5. The summed E-state index contributed by atoms with van der Waals surface area (Å²) >= 11 is 17.8. The highest BCUT2D eigenvalue weighted by Gasteiger charge is 2.36. The second-order valence-corrected chi connectivity index (χ2v) is 8.32. The molecule has 0 spiro atoms. The van der Waals surface area contributed by atoms with Crippen molar-refractivity contribution in [2.75, 3.05) is 7.05 Å². The van der Waals surface area contributed by atoms with Crippen LogP contribution in [-0.4, -0.2) is 37.0 Å². The van der Waals surface area contributed by atoms with E-state index in [4.69, 9.17) is 34.8 Å². The van der Waals surface area contributed by atoms with Gasteiger partial charge in [0.2, 0.25) is 10.0 Å². The van der Waals surface area contributed by atoms with Crippen LogP contribution in [0.2, 0.25) is 15.1 Å². The third-order valence-electron chi connectivity index (χ3n) is 3.76. The number of likely N-dealkylation sites (N-methyl/N-ethyl adjacent to an activating group) is 1. The smallest absolute Gasteiger partial charge is 0.246 e. The summed E-state index contributed by atoms with van der Waals surface area (Å²) in [5, 5.41) is 10.3. The highest BCUT2D eigenvalue weighted by Crippen LogP contribution is 2.36. The van der Waals surface area contributed by atoms with Crippen LogP contribution in [0, 0.1) is 0 Å². The van der Waals surface area contributed by atoms with E-state index < -0.39 is 22.2 Å². The molecule has 0 amide bonds. The molecule has 0 heterocycles. The van der Waals surface area contributed by atoms with Gasteiger partial charge in [-0.25, -0.2) is 8.42 Å². The summed E-state index contributed by atoms with van der Waals surface area (Å²) in [5.74, 6) is 0. The maximum atomic E-state index is 12.7. The Balaban J connectivity index is 2.42. The van der Waals surface area contributed by atoms with E-state index in [0.717, 1.165) is 17.1 Å². The first kappa shape index (κ1) is 17.3. The zero-order chi connectivity index (χ0) is 15.8. The van der Waals surface area contributed by atoms with E-state index >= 15 is 0 Å². The van der Waals surface area contributed by atoms with Crippen LogP contribution in [-0.2, 0) is 10.0 Å². The van der Waals surface area contributed by atoms with Crippen molar-refractivity contribution in [3.8, 4) is 0 Å². The summed E-state index contributed by atoms with van der Waals surface area (Å²) in [6, 6.07) is 2.21. The average molecular weight is 373 g/mol. The summed E-state index contributed by atoms with van der Waals surface area (Å²) in [6.45, 7) is 0. The molecule has 0 bridgehead atoms. The normalized spacial score (nSPS) is 23.5. The lowest BCUT2D eigenvalue weighted by molar-refractivity contribution is 0.0638. The van der Waals surface area contributed by atoms with Crippen LogP contribution in [0.15, 0.2) is 17.0 Å². The molecule has 1 aromatic carbocycles. The molecule has 1 N–H and O–H groups in total. The number of sulfonamides is 1. The minimum Gasteiger partial charge on any atom is -0.391 e. The second-order valence-electron chi connectivity index (χ2n) is 5.14. The van der Waals surface area contributed by atoms with E-state index in [1.165, 1.54) is 19.2 Å². The number of hydrogen-bond donors (Lipinski definition) is 1. The molecule has 2 atom stereocenters. The van der Waals surface area contributed by atoms with Crippen molar-refractivity contribution in [1.29, 1.82) is 0 Å². The number of aliphatic hydroxyl groups excluding tert-OH is 1. The predicted molar refractivity (Wildman–Crippen MR) is 84.7 cm³/mol. The van der Waals surface area contributed by atoms with Crippen molar-refractivity contribution in [3.05, 3.63) is 27.2 Å². The summed E-state index contributed by atoms with van der Waals surface area (Å²) in [6.07, 6.45) is 2.30. The average Bonchev–Trinajstić information content (AvgIpc) is 2.36. The highest BCUT2D eigenvalue weighted by molar-refractivity contribution is 7.89. The van der Waals surface area contributed by atoms with Crippen LogP contribution in [0.1, 0.15) is 25.7 Å². The molecule has 1 aromatic rings. The van der Waals surface area contributed by atoms with Gasteiger partial charge in [-0.3, -0.25) is 0 Å². The molecule has 0 aliphatic heterocycles. The molecule has 0 aromatic heterocycles. The predicted octanol–water partition coefficient (Wildman–Crippen LogP) is 3.57. The van der Waals surface area contributed by atoms with E-state index in [1.54, 1.807) is 0 Å². The summed E-state index contributed by atoms with van der Waals surface area (Å²) < 4.78 is 26.6. The fraction of sp³-hybridized carbons (Fsp3) is 0.538. The minimum atomic E-state index is -3.90. The molecule has 118 valence electrons. The minimum absolute atomic E-state index is 0.0235. The van der Waals surface area contributed by atoms with Crippen LogP contribution >= 0.6 is 34.8 Å². The second kappa shape index (κ2) is 6.60. The van der Waals surface area contributed by atoms with Gasteiger partial charge >= 0.3 is 0 Å². The van der Waals surface area contributed by atoms with E-state index in [2.05, 4.69) is 0 Å². The molecule has 8 heteroatoms. The Morgan fingerprint density at radius 3 is 2.19 bits per heavy atom. The van der Waals surface area contributed by atoms with Gasteiger partial charge < -0.3 is 5.11 Å². The fourth-order valence-corrected chi connectivity index (χ4v) is 5.52. The van der Waals surface area contributed by atoms with Crippen LogP contribution in [0.3, 0.4) is 0 Å². The fourth-order valence-electron chi connectivity index (χ4n) is 2.61. The SMILES string of the molecule is CN(C1CCCCC1O)S(=O)(=O)c1c(Cl)cc(Cl)cc1Cl. The first-order valence-electron chi connectivity index (χ1n) is 6.56. The zero-order valence-electron chi connectivity index (χ0n) is 11.4. The van der Waals surface area contributed by atoms with Gasteiger partial charge in [0.15, 0.2) is 0 Å². The lowest BCUT2D eigenvalue weighted by atomic mass is 9.93. The van der Waals surface area contributed by atoms with E-state index in [9.17, 15) is 13.5 Å². The van der Waals surface area contributed by atoms with Gasteiger partial charge in [-0.05, 0) is 25.0 Å². The molecule has 2 rings (SSSR count). The van der Waals surface area contributed by atoms with Crippen LogP contribution in [0.4, 0.5) is 0 Å². The Kier molecular flexibility index (Phi) is 5.45. The Morgan fingerprint density at radius 2 is 1.67 bits per heavy atom. The number of benzene rings is 1. The molecule has 2 unspecified atom stereocenters. The maximum absolute atomic E-state index is 12.7. The van der Waals surface area contributed by atoms with Gasteiger partial charge in [0.25, 0.3) is 0 Å². The number of nitrogens with zero attached hydrogens (tertiary/aromatic N) is 1. The van der Waals surface area contributed by atoms with Crippen molar-refractivity contribution >= 4 is 44.8 Å². The van der Waals surface area contributed by atoms with Gasteiger partial charge in [-0.2, -0.15) is 4.31 Å². The highest BCUT2D eigenvalue weighted by atomic mass is 35.5. The Morgan fingerprint density at radius 1 is 1.14 bits per heavy atom. The molecular formula is C13H16Cl3NO3S. The Hall–Kier alpha value is -0.0400. The summed E-state index contributed by atoms with van der Waals surface area (Å²) in [7, 11) is -2.46. The first-order valence-corrected chi connectivity index (χ1v) is 9.13. The molecule has 1 fully saturated rings. The van der Waals surface area contributed by atoms with Crippen LogP contribution < -0.4 is 0 Å². The lowest BCUT2D eigenvalue weighted by Gasteiger charge is -2.34. The monoisotopic (exact) mass is 371 g/mol. The van der Waals surface area contributed by atoms with Crippen LogP contribution in [0.5, 0.6) is 0 Å². The van der Waals surface area contributed by atoms with E-state index in [-0.39, 0.29) is 20.0 Å². The summed E-state index contributed by atoms with van der Waals surface area (Å²) in [4.78, 5) is -0.171. The molecule has 0 saturated heterocycles. The number of hydrogen-bond acceptors (Lipinski definition) is 3. The maximum Gasteiger partial charge on any atom is 0.246 e.